The average Bonchev–Trinajstić information content (AvgIpc) is 2.32. The zero-order valence-electron chi connectivity index (χ0n) is 13.8. The van der Waals surface area contributed by atoms with Crippen LogP contribution in [-0.4, -0.2) is 22.7 Å². The van der Waals surface area contributed by atoms with Crippen molar-refractivity contribution in [3.8, 4) is 0 Å². The smallest absolute Gasteiger partial charge is 0.326 e. The van der Waals surface area contributed by atoms with Crippen molar-refractivity contribution in [2.24, 2.45) is 5.92 Å². The second-order valence-corrected chi connectivity index (χ2v) is 6.90. The second-order valence-electron chi connectivity index (χ2n) is 6.90. The highest BCUT2D eigenvalue weighted by Crippen LogP contribution is 2.41. The third-order valence-electron chi connectivity index (χ3n) is 4.19. The molecule has 0 radical (unpaired) electrons. The molecule has 1 N–H and O–H groups in total. The first-order chi connectivity index (χ1) is 9.65. The highest BCUT2D eigenvalue weighted by molar-refractivity contribution is 5.87. The van der Waals surface area contributed by atoms with Gasteiger partial charge in [0.1, 0.15) is 6.04 Å². The minimum absolute atomic E-state index is 0.0296. The average molecular weight is 287 g/mol. The molecule has 2 rings (SSSR count). The van der Waals surface area contributed by atoms with Crippen LogP contribution >= 0.6 is 0 Å². The Hall–Kier alpha value is -1.77. The van der Waals surface area contributed by atoms with E-state index < -0.39 is 12.0 Å². The molecule has 1 aromatic rings. The molecule has 0 saturated carbocycles. The van der Waals surface area contributed by atoms with Crippen LogP contribution in [0.2, 0.25) is 0 Å². The molecule has 0 fully saturated rings. The molecule has 3 heteroatoms. The van der Waals surface area contributed by atoms with Gasteiger partial charge in [-0.1, -0.05) is 32.1 Å². The first kappa shape index (κ1) is 15.6. The maximum Gasteiger partial charge on any atom is 0.326 e. The Kier molecular flexibility index (Phi) is 3.87. The number of carboxylic acids is 1. The molecule has 1 aromatic carbocycles. The monoisotopic (exact) mass is 287 g/mol. The van der Waals surface area contributed by atoms with E-state index in [0.717, 1.165) is 16.8 Å². The molecule has 1 aliphatic heterocycles. The van der Waals surface area contributed by atoms with Crippen LogP contribution < -0.4 is 4.90 Å². The van der Waals surface area contributed by atoms with Gasteiger partial charge >= 0.3 is 5.97 Å². The van der Waals surface area contributed by atoms with Crippen molar-refractivity contribution in [2.75, 3.05) is 4.90 Å². The van der Waals surface area contributed by atoms with Gasteiger partial charge in [-0.05, 0) is 50.8 Å². The Morgan fingerprint density at radius 1 is 1.24 bits per heavy atom. The lowest BCUT2D eigenvalue weighted by Gasteiger charge is -2.47. The number of benzene rings is 1. The first-order valence-electron chi connectivity index (χ1n) is 7.48. The molecule has 0 aliphatic carbocycles. The Bertz CT molecular complexity index is 599. The van der Waals surface area contributed by atoms with E-state index in [1.54, 1.807) is 0 Å². The number of aryl methyl sites for hydroxylation is 1. The third-order valence-corrected chi connectivity index (χ3v) is 4.19. The summed E-state index contributed by atoms with van der Waals surface area (Å²) in [7, 11) is 0. The number of aliphatic carboxylic acids is 1. The molecule has 3 nitrogen and oxygen atoms in total. The Morgan fingerprint density at radius 3 is 2.38 bits per heavy atom. The molecule has 1 unspecified atom stereocenters. The molecular weight excluding hydrogens is 262 g/mol. The summed E-state index contributed by atoms with van der Waals surface area (Å²) in [5.41, 5.74) is 4.20. The van der Waals surface area contributed by atoms with Crippen molar-refractivity contribution in [1.29, 1.82) is 0 Å². The van der Waals surface area contributed by atoms with Crippen LogP contribution in [0.4, 0.5) is 5.69 Å². The molecule has 0 aromatic heterocycles. The summed E-state index contributed by atoms with van der Waals surface area (Å²) in [6.45, 7) is 12.2. The van der Waals surface area contributed by atoms with Crippen molar-refractivity contribution in [2.45, 2.75) is 53.1 Å². The number of rotatable bonds is 3. The van der Waals surface area contributed by atoms with Gasteiger partial charge in [-0.2, -0.15) is 0 Å². The first-order valence-corrected chi connectivity index (χ1v) is 7.48. The summed E-state index contributed by atoms with van der Waals surface area (Å²) in [5, 5.41) is 9.73. The molecule has 1 atom stereocenters. The molecular formula is C18H25NO2. The number of carboxylic acid groups (broad SMARTS) is 1. The van der Waals surface area contributed by atoms with Crippen LogP contribution in [0.25, 0.3) is 5.57 Å². The van der Waals surface area contributed by atoms with Gasteiger partial charge in [-0.15, -0.1) is 0 Å². The van der Waals surface area contributed by atoms with Gasteiger partial charge in [0.2, 0.25) is 0 Å². The summed E-state index contributed by atoms with van der Waals surface area (Å²) in [5.74, 6) is -0.736. The minimum atomic E-state index is -0.765. The summed E-state index contributed by atoms with van der Waals surface area (Å²) >= 11 is 0. The number of carbonyl (C=O) groups is 1. The van der Waals surface area contributed by atoms with Gasteiger partial charge in [0.15, 0.2) is 0 Å². The molecule has 114 valence electrons. The van der Waals surface area contributed by atoms with Crippen molar-refractivity contribution in [3.63, 3.8) is 0 Å². The standard InChI is InChI=1S/C18H25NO2/c1-11(2)16(17(20)21)19-15-9-12(3)7-8-14(15)13(4)10-18(19,5)6/h7-11,16H,1-6H3,(H,20,21). The van der Waals surface area contributed by atoms with Crippen molar-refractivity contribution < 1.29 is 9.90 Å². The third kappa shape index (κ3) is 2.69. The maximum atomic E-state index is 11.8. The van der Waals surface area contributed by atoms with E-state index in [0.29, 0.717) is 0 Å². The van der Waals surface area contributed by atoms with Crippen LogP contribution in [0, 0.1) is 12.8 Å². The topological polar surface area (TPSA) is 40.5 Å². The van der Waals surface area contributed by atoms with E-state index in [1.807, 2.05) is 20.8 Å². The predicted octanol–water partition coefficient (Wildman–Crippen LogP) is 4.11. The van der Waals surface area contributed by atoms with Crippen LogP contribution in [0.1, 0.15) is 45.7 Å². The molecule has 1 heterocycles. The van der Waals surface area contributed by atoms with Crippen molar-refractivity contribution >= 4 is 17.2 Å². The van der Waals surface area contributed by atoms with E-state index in [2.05, 4.69) is 49.9 Å². The number of hydrogen-bond acceptors (Lipinski definition) is 2. The molecule has 1 aliphatic rings. The number of anilines is 1. The fourth-order valence-corrected chi connectivity index (χ4v) is 3.36. The van der Waals surface area contributed by atoms with Gasteiger partial charge < -0.3 is 10.0 Å². The van der Waals surface area contributed by atoms with Crippen LogP contribution in [0.15, 0.2) is 24.3 Å². The SMILES string of the molecule is CC1=CC(C)(C)N(C(C(=O)O)C(C)C)c2cc(C)ccc21. The summed E-state index contributed by atoms with van der Waals surface area (Å²) < 4.78 is 0. The Morgan fingerprint density at radius 2 is 1.86 bits per heavy atom. The second kappa shape index (κ2) is 5.21. The van der Waals surface area contributed by atoms with E-state index in [9.17, 15) is 9.90 Å². The molecule has 0 spiro atoms. The zero-order valence-corrected chi connectivity index (χ0v) is 13.8. The van der Waals surface area contributed by atoms with E-state index in [-0.39, 0.29) is 11.5 Å². The fraction of sp³-hybridized carbons (Fsp3) is 0.500. The van der Waals surface area contributed by atoms with Crippen molar-refractivity contribution in [1.82, 2.24) is 0 Å². The number of hydrogen-bond donors (Lipinski definition) is 1. The van der Waals surface area contributed by atoms with Gasteiger partial charge in [0.05, 0.1) is 5.54 Å². The van der Waals surface area contributed by atoms with Gasteiger partial charge in [-0.3, -0.25) is 0 Å². The highest BCUT2D eigenvalue weighted by Gasteiger charge is 2.40. The number of fused-ring (bicyclic) bond motifs is 1. The highest BCUT2D eigenvalue weighted by atomic mass is 16.4. The summed E-state index contributed by atoms with van der Waals surface area (Å²) in [6.07, 6.45) is 2.17. The lowest BCUT2D eigenvalue weighted by molar-refractivity contribution is -0.140. The van der Waals surface area contributed by atoms with Crippen LogP contribution in [0.3, 0.4) is 0 Å². The summed E-state index contributed by atoms with van der Waals surface area (Å²) in [4.78, 5) is 13.9. The Balaban J connectivity index is 2.69. The maximum absolute atomic E-state index is 11.8. The van der Waals surface area contributed by atoms with Gasteiger partial charge in [0.25, 0.3) is 0 Å². The van der Waals surface area contributed by atoms with Gasteiger partial charge in [-0.25, -0.2) is 4.79 Å². The zero-order chi connectivity index (χ0) is 15.9. The summed E-state index contributed by atoms with van der Waals surface area (Å²) in [6, 6.07) is 5.74. The number of nitrogens with zero attached hydrogens (tertiary/aromatic N) is 1. The van der Waals surface area contributed by atoms with Crippen LogP contribution in [0.5, 0.6) is 0 Å². The Labute approximate surface area is 127 Å². The lowest BCUT2D eigenvalue weighted by Crippen LogP contribution is -2.56. The normalized spacial score (nSPS) is 18.2. The van der Waals surface area contributed by atoms with E-state index in [1.165, 1.54) is 5.57 Å². The lowest BCUT2D eigenvalue weighted by atomic mass is 9.85. The molecule has 0 amide bonds. The van der Waals surface area contributed by atoms with Crippen molar-refractivity contribution in [3.05, 3.63) is 35.4 Å². The molecule has 0 bridgehead atoms. The minimum Gasteiger partial charge on any atom is -0.480 e. The van der Waals surface area contributed by atoms with Gasteiger partial charge in [0, 0.05) is 11.3 Å². The molecule has 0 saturated heterocycles. The van der Waals surface area contributed by atoms with Crippen LogP contribution in [-0.2, 0) is 4.79 Å². The quantitative estimate of drug-likeness (QED) is 0.909. The fourth-order valence-electron chi connectivity index (χ4n) is 3.36. The van der Waals surface area contributed by atoms with E-state index >= 15 is 0 Å². The molecule has 21 heavy (non-hydrogen) atoms. The van der Waals surface area contributed by atoms with E-state index in [4.69, 9.17) is 0 Å². The predicted molar refractivity (Wildman–Crippen MR) is 87.6 cm³/mol. The largest absolute Gasteiger partial charge is 0.480 e. The number of allylic oxidation sites excluding steroid dienone is 1.